The maximum Gasteiger partial charge on any atom is 0.0659 e. The fourth-order valence-corrected chi connectivity index (χ4v) is 1.95. The lowest BCUT2D eigenvalue weighted by atomic mass is 10.2. The van der Waals surface area contributed by atoms with Crippen LogP contribution < -0.4 is 0 Å². The molecule has 0 N–H and O–H groups in total. The van der Waals surface area contributed by atoms with Gasteiger partial charge >= 0.3 is 0 Å². The minimum Gasteiger partial charge on any atom is -0.256 e. The van der Waals surface area contributed by atoms with E-state index in [1.54, 1.807) is 24.4 Å². The van der Waals surface area contributed by atoms with Crippen molar-refractivity contribution in [1.29, 1.82) is 0 Å². The van der Waals surface area contributed by atoms with Crippen molar-refractivity contribution in [3.8, 4) is 0 Å². The van der Waals surface area contributed by atoms with E-state index in [1.807, 2.05) is 24.3 Å². The summed E-state index contributed by atoms with van der Waals surface area (Å²) in [6, 6.07) is 12.6. The standard InChI is InChI=1S/C13H8Cl3N/c14-10-3-1-9(2-4-10)8-17-13-6-11(15)5-12(16)7-13/h1-8H. The lowest BCUT2D eigenvalue weighted by Gasteiger charge is -1.97. The molecule has 4 heteroatoms. The van der Waals surface area contributed by atoms with Crippen molar-refractivity contribution in [1.82, 2.24) is 0 Å². The first-order valence-corrected chi connectivity index (χ1v) is 6.02. The largest absolute Gasteiger partial charge is 0.256 e. The maximum atomic E-state index is 5.88. The smallest absolute Gasteiger partial charge is 0.0659 e. The SMILES string of the molecule is Clc1ccc(C=Nc2cc(Cl)cc(Cl)c2)cc1. The molecule has 0 radical (unpaired) electrons. The van der Waals surface area contributed by atoms with E-state index in [9.17, 15) is 0 Å². The highest BCUT2D eigenvalue weighted by Gasteiger charge is 1.96. The summed E-state index contributed by atoms with van der Waals surface area (Å²) in [5.74, 6) is 0. The van der Waals surface area contributed by atoms with Gasteiger partial charge in [-0.3, -0.25) is 4.99 Å². The van der Waals surface area contributed by atoms with Crippen LogP contribution in [0.1, 0.15) is 5.56 Å². The van der Waals surface area contributed by atoms with Crippen molar-refractivity contribution in [2.45, 2.75) is 0 Å². The molecular formula is C13H8Cl3N. The van der Waals surface area contributed by atoms with Gasteiger partial charge in [0, 0.05) is 21.3 Å². The van der Waals surface area contributed by atoms with E-state index in [-0.39, 0.29) is 0 Å². The van der Waals surface area contributed by atoms with Crippen molar-refractivity contribution < 1.29 is 0 Å². The number of halogens is 3. The van der Waals surface area contributed by atoms with Crippen molar-refractivity contribution in [3.63, 3.8) is 0 Å². The molecule has 0 fully saturated rings. The van der Waals surface area contributed by atoms with E-state index >= 15 is 0 Å². The molecular weight excluding hydrogens is 277 g/mol. The zero-order valence-electron chi connectivity index (χ0n) is 8.70. The highest BCUT2D eigenvalue weighted by atomic mass is 35.5. The summed E-state index contributed by atoms with van der Waals surface area (Å²) in [4.78, 5) is 4.29. The summed E-state index contributed by atoms with van der Waals surface area (Å²) in [5, 5.41) is 1.84. The van der Waals surface area contributed by atoms with E-state index in [4.69, 9.17) is 34.8 Å². The molecule has 86 valence electrons. The van der Waals surface area contributed by atoms with Crippen LogP contribution in [0.3, 0.4) is 0 Å². The number of hydrogen-bond donors (Lipinski definition) is 0. The van der Waals surface area contributed by atoms with Crippen LogP contribution in [0, 0.1) is 0 Å². The molecule has 0 heterocycles. The van der Waals surface area contributed by atoms with Crippen molar-refractivity contribution in [2.75, 3.05) is 0 Å². The van der Waals surface area contributed by atoms with E-state index in [0.717, 1.165) is 11.3 Å². The predicted octanol–water partition coefficient (Wildman–Crippen LogP) is 5.40. The molecule has 0 aliphatic rings. The number of rotatable bonds is 2. The summed E-state index contributed by atoms with van der Waals surface area (Å²) in [5.41, 5.74) is 1.68. The zero-order valence-corrected chi connectivity index (χ0v) is 11.0. The molecule has 0 spiro atoms. The highest BCUT2D eigenvalue weighted by Crippen LogP contribution is 2.24. The third-order valence-electron chi connectivity index (χ3n) is 2.08. The number of hydrogen-bond acceptors (Lipinski definition) is 1. The maximum absolute atomic E-state index is 5.88. The van der Waals surface area contributed by atoms with Gasteiger partial charge in [-0.15, -0.1) is 0 Å². The van der Waals surface area contributed by atoms with Gasteiger partial charge in [-0.05, 0) is 35.9 Å². The van der Waals surface area contributed by atoms with Crippen LogP contribution in [0.15, 0.2) is 47.5 Å². The van der Waals surface area contributed by atoms with Crippen LogP contribution in [0.2, 0.25) is 15.1 Å². The first kappa shape index (κ1) is 12.4. The Labute approximate surface area is 115 Å². The van der Waals surface area contributed by atoms with E-state index in [1.165, 1.54) is 0 Å². The molecule has 0 unspecified atom stereocenters. The third-order valence-corrected chi connectivity index (χ3v) is 2.77. The van der Waals surface area contributed by atoms with Gasteiger partial charge in [0.2, 0.25) is 0 Å². The molecule has 0 amide bonds. The van der Waals surface area contributed by atoms with Crippen LogP contribution in [-0.2, 0) is 0 Å². The van der Waals surface area contributed by atoms with Crippen LogP contribution in [0.5, 0.6) is 0 Å². The summed E-state index contributed by atoms with van der Waals surface area (Å²) in [7, 11) is 0. The van der Waals surface area contributed by atoms with Gasteiger partial charge in [-0.2, -0.15) is 0 Å². The average Bonchev–Trinajstić information content (AvgIpc) is 2.27. The molecule has 0 aliphatic carbocycles. The molecule has 0 aliphatic heterocycles. The van der Waals surface area contributed by atoms with E-state index in [0.29, 0.717) is 15.1 Å². The number of aliphatic imine (C=N–C) groups is 1. The Morgan fingerprint density at radius 3 is 1.94 bits per heavy atom. The van der Waals surface area contributed by atoms with Gasteiger partial charge in [-0.25, -0.2) is 0 Å². The van der Waals surface area contributed by atoms with Crippen molar-refractivity contribution in [3.05, 3.63) is 63.1 Å². The molecule has 0 bridgehead atoms. The summed E-state index contributed by atoms with van der Waals surface area (Å²) < 4.78 is 0. The molecule has 2 rings (SSSR count). The normalized spacial score (nSPS) is 11.0. The first-order valence-electron chi connectivity index (χ1n) is 4.89. The highest BCUT2D eigenvalue weighted by molar-refractivity contribution is 6.35. The molecule has 1 nitrogen and oxygen atoms in total. The third kappa shape index (κ3) is 3.74. The van der Waals surface area contributed by atoms with E-state index in [2.05, 4.69) is 4.99 Å². The average molecular weight is 285 g/mol. The van der Waals surface area contributed by atoms with Crippen LogP contribution in [-0.4, -0.2) is 6.21 Å². The molecule has 17 heavy (non-hydrogen) atoms. The quantitative estimate of drug-likeness (QED) is 0.655. The van der Waals surface area contributed by atoms with Crippen LogP contribution in [0.25, 0.3) is 0 Å². The fourth-order valence-electron chi connectivity index (χ4n) is 1.31. The molecule has 2 aromatic carbocycles. The first-order chi connectivity index (χ1) is 8.13. The lowest BCUT2D eigenvalue weighted by Crippen LogP contribution is -1.79. The zero-order chi connectivity index (χ0) is 12.3. The molecule has 0 aromatic heterocycles. The molecule has 2 aromatic rings. The Bertz CT molecular complexity index is 527. The Morgan fingerprint density at radius 1 is 0.765 bits per heavy atom. The van der Waals surface area contributed by atoms with Crippen LogP contribution >= 0.6 is 34.8 Å². The second-order valence-electron chi connectivity index (χ2n) is 3.44. The van der Waals surface area contributed by atoms with Gasteiger partial charge in [0.05, 0.1) is 5.69 Å². The summed E-state index contributed by atoms with van der Waals surface area (Å²) in [6.45, 7) is 0. The molecule has 0 saturated heterocycles. The summed E-state index contributed by atoms with van der Waals surface area (Å²) >= 11 is 17.5. The second kappa shape index (κ2) is 5.54. The van der Waals surface area contributed by atoms with Crippen molar-refractivity contribution >= 4 is 46.7 Å². The Morgan fingerprint density at radius 2 is 1.35 bits per heavy atom. The fraction of sp³-hybridized carbons (Fsp3) is 0. The monoisotopic (exact) mass is 283 g/mol. The van der Waals surface area contributed by atoms with Gasteiger partial charge in [0.15, 0.2) is 0 Å². The van der Waals surface area contributed by atoms with Gasteiger partial charge in [0.1, 0.15) is 0 Å². The minimum absolute atomic E-state index is 0.570. The predicted molar refractivity (Wildman–Crippen MR) is 75.2 cm³/mol. The van der Waals surface area contributed by atoms with Crippen molar-refractivity contribution in [2.24, 2.45) is 4.99 Å². The lowest BCUT2D eigenvalue weighted by molar-refractivity contribution is 1.52. The molecule has 0 atom stereocenters. The Hall–Kier alpha value is -1.02. The van der Waals surface area contributed by atoms with Gasteiger partial charge < -0.3 is 0 Å². The topological polar surface area (TPSA) is 12.4 Å². The Kier molecular flexibility index (Phi) is 4.06. The van der Waals surface area contributed by atoms with Crippen LogP contribution in [0.4, 0.5) is 5.69 Å². The Balaban J connectivity index is 2.22. The van der Waals surface area contributed by atoms with Gasteiger partial charge in [0.25, 0.3) is 0 Å². The van der Waals surface area contributed by atoms with E-state index < -0.39 is 0 Å². The number of benzene rings is 2. The van der Waals surface area contributed by atoms with Gasteiger partial charge in [-0.1, -0.05) is 46.9 Å². The minimum atomic E-state index is 0.570. The molecule has 0 saturated carbocycles. The second-order valence-corrected chi connectivity index (χ2v) is 4.75. The number of nitrogens with zero attached hydrogens (tertiary/aromatic N) is 1. The summed E-state index contributed by atoms with van der Waals surface area (Å²) in [6.07, 6.45) is 1.73.